The molecule has 0 aliphatic rings. The number of benzene rings is 2. The summed E-state index contributed by atoms with van der Waals surface area (Å²) in [5, 5.41) is 0. The van der Waals surface area contributed by atoms with Gasteiger partial charge >= 0.3 is 0 Å². The normalized spacial score (nSPS) is 11.2. The van der Waals surface area contributed by atoms with Crippen LogP contribution >= 0.6 is 0 Å². The van der Waals surface area contributed by atoms with Gasteiger partial charge in [-0.15, -0.1) is 0 Å². The van der Waals surface area contributed by atoms with E-state index in [9.17, 15) is 0 Å². The van der Waals surface area contributed by atoms with Crippen molar-refractivity contribution < 1.29 is 4.74 Å². The number of hydrogen-bond acceptors (Lipinski definition) is 3. The molecule has 0 fully saturated rings. The summed E-state index contributed by atoms with van der Waals surface area (Å²) in [5.41, 5.74) is 9.16. The Kier molecular flexibility index (Phi) is 6.67. The van der Waals surface area contributed by atoms with Crippen molar-refractivity contribution in [2.45, 2.75) is 45.6 Å². The zero-order chi connectivity index (χ0) is 18.2. The zero-order valence-corrected chi connectivity index (χ0v) is 15.7. The Balaban J connectivity index is 1.60. The molecule has 1 aromatic heterocycles. The summed E-state index contributed by atoms with van der Waals surface area (Å²) in [4.78, 5) is 4.85. The molecule has 0 atom stereocenters. The highest BCUT2D eigenvalue weighted by atomic mass is 16.5. The first-order valence-electron chi connectivity index (χ1n) is 9.61. The third-order valence-electron chi connectivity index (χ3n) is 4.65. The number of rotatable bonds is 10. The van der Waals surface area contributed by atoms with Gasteiger partial charge in [-0.25, -0.2) is 4.98 Å². The van der Waals surface area contributed by atoms with Crippen molar-refractivity contribution >= 4 is 11.0 Å². The van der Waals surface area contributed by atoms with Crippen LogP contribution in [0.25, 0.3) is 11.0 Å². The average molecular weight is 351 g/mol. The predicted molar refractivity (Wildman–Crippen MR) is 108 cm³/mol. The van der Waals surface area contributed by atoms with Crippen LogP contribution in [-0.2, 0) is 13.0 Å². The van der Waals surface area contributed by atoms with E-state index in [0.29, 0.717) is 6.61 Å². The predicted octanol–water partition coefficient (Wildman–Crippen LogP) is 4.49. The van der Waals surface area contributed by atoms with Crippen LogP contribution in [0.3, 0.4) is 0 Å². The lowest BCUT2D eigenvalue weighted by Gasteiger charge is -2.11. The van der Waals surface area contributed by atoms with E-state index in [1.54, 1.807) is 0 Å². The summed E-state index contributed by atoms with van der Waals surface area (Å²) < 4.78 is 8.23. The number of ether oxygens (including phenoxy) is 1. The quantitative estimate of drug-likeness (QED) is 0.548. The van der Waals surface area contributed by atoms with Crippen molar-refractivity contribution in [3.05, 3.63) is 59.9 Å². The van der Waals surface area contributed by atoms with E-state index in [1.807, 2.05) is 12.1 Å². The van der Waals surface area contributed by atoms with Gasteiger partial charge < -0.3 is 15.0 Å². The van der Waals surface area contributed by atoms with Crippen LogP contribution in [0.4, 0.5) is 0 Å². The molecule has 138 valence electrons. The van der Waals surface area contributed by atoms with Crippen LogP contribution in [-0.4, -0.2) is 22.7 Å². The monoisotopic (exact) mass is 351 g/mol. The van der Waals surface area contributed by atoms with Crippen LogP contribution in [0.2, 0.25) is 0 Å². The van der Waals surface area contributed by atoms with Crippen molar-refractivity contribution in [3.8, 4) is 5.75 Å². The summed E-state index contributed by atoms with van der Waals surface area (Å²) in [7, 11) is 0. The minimum absolute atomic E-state index is 0.710. The molecule has 2 N–H and O–H groups in total. The van der Waals surface area contributed by atoms with Crippen LogP contribution in [0.5, 0.6) is 5.75 Å². The van der Waals surface area contributed by atoms with E-state index in [2.05, 4.69) is 47.9 Å². The zero-order valence-electron chi connectivity index (χ0n) is 15.7. The highest BCUT2D eigenvalue weighted by Gasteiger charge is 2.10. The van der Waals surface area contributed by atoms with Gasteiger partial charge in [0.1, 0.15) is 11.6 Å². The molecule has 3 aromatic rings. The maximum atomic E-state index is 5.88. The molecule has 0 amide bonds. The molecule has 1 heterocycles. The van der Waals surface area contributed by atoms with Crippen LogP contribution < -0.4 is 10.5 Å². The number of hydrogen-bond donors (Lipinski definition) is 1. The second-order valence-electron chi connectivity index (χ2n) is 6.78. The maximum absolute atomic E-state index is 5.88. The van der Waals surface area contributed by atoms with Gasteiger partial charge in [-0.3, -0.25) is 0 Å². The number of aryl methyl sites for hydroxylation is 3. The Morgan fingerprint density at radius 1 is 0.962 bits per heavy atom. The van der Waals surface area contributed by atoms with Gasteiger partial charge in [0.25, 0.3) is 0 Å². The smallest absolute Gasteiger partial charge is 0.119 e. The van der Waals surface area contributed by atoms with E-state index in [-0.39, 0.29) is 0 Å². The Labute approximate surface area is 156 Å². The van der Waals surface area contributed by atoms with Gasteiger partial charge in [0.05, 0.1) is 17.6 Å². The Morgan fingerprint density at radius 3 is 2.58 bits per heavy atom. The van der Waals surface area contributed by atoms with Gasteiger partial charge in [-0.1, -0.05) is 36.2 Å². The fraction of sp³-hybridized carbons (Fsp3) is 0.409. The third-order valence-corrected chi connectivity index (χ3v) is 4.65. The van der Waals surface area contributed by atoms with Gasteiger partial charge in [0, 0.05) is 13.0 Å². The first kappa shape index (κ1) is 18.5. The number of fused-ring (bicyclic) bond motifs is 1. The van der Waals surface area contributed by atoms with Crippen molar-refractivity contribution in [2.75, 3.05) is 13.2 Å². The lowest BCUT2D eigenvalue weighted by atomic mass is 10.2. The van der Waals surface area contributed by atoms with Crippen molar-refractivity contribution in [1.82, 2.24) is 9.55 Å². The Morgan fingerprint density at radius 2 is 1.77 bits per heavy atom. The van der Waals surface area contributed by atoms with Crippen LogP contribution in [0, 0.1) is 6.92 Å². The van der Waals surface area contributed by atoms with Crippen molar-refractivity contribution in [1.29, 1.82) is 0 Å². The first-order chi connectivity index (χ1) is 12.8. The van der Waals surface area contributed by atoms with E-state index in [0.717, 1.165) is 56.5 Å². The number of imidazole rings is 1. The van der Waals surface area contributed by atoms with Gasteiger partial charge in [0.2, 0.25) is 0 Å². The molecular formula is C22H29N3O. The molecule has 4 nitrogen and oxygen atoms in total. The molecule has 0 bridgehead atoms. The van der Waals surface area contributed by atoms with Crippen LogP contribution in [0.15, 0.2) is 48.5 Å². The molecule has 0 spiro atoms. The number of nitrogens with zero attached hydrogens (tertiary/aromatic N) is 2. The average Bonchev–Trinajstić information content (AvgIpc) is 3.01. The maximum Gasteiger partial charge on any atom is 0.119 e. The number of unbranched alkanes of at least 4 members (excludes halogenated alkanes) is 2. The standard InChI is InChI=1S/C22H29N3O/c1-18-11-13-19(14-12-18)26-17-7-16-25-21-9-5-4-8-20(21)24-22(25)10-3-2-6-15-23/h4-5,8-9,11-14H,2-3,6-7,10,15-17,23H2,1H3. The summed E-state index contributed by atoms with van der Waals surface area (Å²) in [6, 6.07) is 16.6. The number of nitrogens with two attached hydrogens (primary N) is 1. The highest BCUT2D eigenvalue weighted by molar-refractivity contribution is 5.75. The highest BCUT2D eigenvalue weighted by Crippen LogP contribution is 2.19. The second-order valence-corrected chi connectivity index (χ2v) is 6.78. The molecule has 0 radical (unpaired) electrons. The lowest BCUT2D eigenvalue weighted by molar-refractivity contribution is 0.301. The van der Waals surface area contributed by atoms with Gasteiger partial charge in [-0.05, 0) is 57.0 Å². The molecule has 26 heavy (non-hydrogen) atoms. The van der Waals surface area contributed by atoms with Crippen LogP contribution in [0.1, 0.15) is 37.1 Å². The molecule has 0 saturated carbocycles. The third kappa shape index (κ3) is 4.85. The fourth-order valence-electron chi connectivity index (χ4n) is 3.22. The van der Waals surface area contributed by atoms with E-state index in [4.69, 9.17) is 15.5 Å². The molecule has 0 saturated heterocycles. The number of para-hydroxylation sites is 2. The van der Waals surface area contributed by atoms with Gasteiger partial charge in [-0.2, -0.15) is 0 Å². The summed E-state index contributed by atoms with van der Waals surface area (Å²) >= 11 is 0. The Hall–Kier alpha value is -2.33. The summed E-state index contributed by atoms with van der Waals surface area (Å²) in [5.74, 6) is 2.12. The summed E-state index contributed by atoms with van der Waals surface area (Å²) in [6.45, 7) is 4.50. The summed E-state index contributed by atoms with van der Waals surface area (Å²) in [6.07, 6.45) is 5.36. The molecular weight excluding hydrogens is 322 g/mol. The minimum atomic E-state index is 0.710. The van der Waals surface area contributed by atoms with Gasteiger partial charge in [0.15, 0.2) is 0 Å². The molecule has 0 aliphatic carbocycles. The first-order valence-corrected chi connectivity index (χ1v) is 9.61. The SMILES string of the molecule is Cc1ccc(OCCCn2c(CCCCCN)nc3ccccc32)cc1. The fourth-order valence-corrected chi connectivity index (χ4v) is 3.22. The van der Waals surface area contributed by atoms with E-state index < -0.39 is 0 Å². The lowest BCUT2D eigenvalue weighted by Crippen LogP contribution is -2.08. The second kappa shape index (κ2) is 9.39. The number of aromatic nitrogens is 2. The molecule has 4 heteroatoms. The topological polar surface area (TPSA) is 53.1 Å². The molecule has 0 unspecified atom stereocenters. The van der Waals surface area contributed by atoms with E-state index >= 15 is 0 Å². The van der Waals surface area contributed by atoms with Crippen molar-refractivity contribution in [3.63, 3.8) is 0 Å². The largest absolute Gasteiger partial charge is 0.494 e. The van der Waals surface area contributed by atoms with E-state index in [1.165, 1.54) is 16.9 Å². The molecule has 3 rings (SSSR count). The Bertz CT molecular complexity index is 808. The molecule has 0 aliphatic heterocycles. The molecule has 2 aromatic carbocycles. The minimum Gasteiger partial charge on any atom is -0.494 e. The van der Waals surface area contributed by atoms with Crippen molar-refractivity contribution in [2.24, 2.45) is 5.73 Å².